The summed E-state index contributed by atoms with van der Waals surface area (Å²) in [7, 11) is 1.31. The lowest BCUT2D eigenvalue weighted by atomic mass is 10.0. The second kappa shape index (κ2) is 6.61. The number of carbonyl (C=O) groups is 1. The highest BCUT2D eigenvalue weighted by molar-refractivity contribution is 5.76. The molecule has 0 aliphatic heterocycles. The molecule has 5 heteroatoms. The van der Waals surface area contributed by atoms with E-state index in [0.717, 1.165) is 6.07 Å². The van der Waals surface area contributed by atoms with E-state index < -0.39 is 29.7 Å². The first-order valence-corrected chi connectivity index (χ1v) is 6.15. The first kappa shape index (κ1) is 15.6. The number of hydrogen-bond donors (Lipinski definition) is 1. The number of halogens is 2. The molecule has 2 atom stereocenters. The molecular weight excluding hydrogens is 252 g/mol. The minimum Gasteiger partial charge on any atom is -0.468 e. The van der Waals surface area contributed by atoms with Crippen LogP contribution in [0, 0.1) is 17.6 Å². The Kier molecular flexibility index (Phi) is 5.42. The smallest absolute Gasteiger partial charge is 0.323 e. The van der Waals surface area contributed by atoms with Gasteiger partial charge in [-0.3, -0.25) is 10.1 Å². The maximum atomic E-state index is 13.6. The van der Waals surface area contributed by atoms with Crippen LogP contribution in [-0.4, -0.2) is 19.1 Å². The van der Waals surface area contributed by atoms with Crippen molar-refractivity contribution in [3.8, 4) is 0 Å². The van der Waals surface area contributed by atoms with E-state index >= 15 is 0 Å². The number of esters is 1. The molecule has 0 spiro atoms. The molecule has 0 amide bonds. The van der Waals surface area contributed by atoms with Crippen LogP contribution in [0.5, 0.6) is 0 Å². The topological polar surface area (TPSA) is 38.3 Å². The number of benzene rings is 1. The van der Waals surface area contributed by atoms with Gasteiger partial charge in [0.25, 0.3) is 0 Å². The number of carbonyl (C=O) groups excluding carboxylic acids is 1. The second-order valence-corrected chi connectivity index (χ2v) is 4.80. The summed E-state index contributed by atoms with van der Waals surface area (Å²) in [6.07, 6.45) is 0. The summed E-state index contributed by atoms with van der Waals surface area (Å²) in [5, 5.41) is 3.01. The predicted octanol–water partition coefficient (Wildman–Crippen LogP) is 2.81. The average Bonchev–Trinajstić information content (AvgIpc) is 2.34. The highest BCUT2D eigenvalue weighted by atomic mass is 19.1. The zero-order chi connectivity index (χ0) is 14.6. The molecule has 0 fully saturated rings. The van der Waals surface area contributed by atoms with Gasteiger partial charge < -0.3 is 4.74 Å². The Balaban J connectivity index is 2.87. The minimum atomic E-state index is -0.632. The van der Waals surface area contributed by atoms with Crippen LogP contribution in [0.15, 0.2) is 18.2 Å². The normalized spacial score (nSPS) is 14.3. The molecule has 0 aromatic heterocycles. The summed E-state index contributed by atoms with van der Waals surface area (Å²) < 4.78 is 31.2. The lowest BCUT2D eigenvalue weighted by molar-refractivity contribution is -0.144. The van der Waals surface area contributed by atoms with Crippen LogP contribution >= 0.6 is 0 Å². The molecule has 0 radical (unpaired) electrons. The van der Waals surface area contributed by atoms with E-state index in [4.69, 9.17) is 4.74 Å². The molecule has 1 N–H and O–H groups in total. The molecule has 0 aliphatic carbocycles. The van der Waals surface area contributed by atoms with E-state index in [0.29, 0.717) is 5.56 Å². The number of hydrogen-bond acceptors (Lipinski definition) is 3. The van der Waals surface area contributed by atoms with E-state index in [-0.39, 0.29) is 5.92 Å². The monoisotopic (exact) mass is 271 g/mol. The molecule has 1 rings (SSSR count). The van der Waals surface area contributed by atoms with Gasteiger partial charge in [0.15, 0.2) is 0 Å². The third-order valence-electron chi connectivity index (χ3n) is 2.98. The highest BCUT2D eigenvalue weighted by Gasteiger charge is 2.25. The van der Waals surface area contributed by atoms with Crippen LogP contribution < -0.4 is 5.32 Å². The Hall–Kier alpha value is -1.49. The van der Waals surface area contributed by atoms with Gasteiger partial charge in [-0.05, 0) is 18.9 Å². The summed E-state index contributed by atoms with van der Waals surface area (Å²) in [5.74, 6) is -1.66. The van der Waals surface area contributed by atoms with Crippen molar-refractivity contribution in [2.24, 2.45) is 5.92 Å². The predicted molar refractivity (Wildman–Crippen MR) is 68.6 cm³/mol. The first-order valence-electron chi connectivity index (χ1n) is 6.15. The molecule has 3 nitrogen and oxygen atoms in total. The number of ether oxygens (including phenoxy) is 1. The third-order valence-corrected chi connectivity index (χ3v) is 2.98. The molecule has 1 aromatic rings. The third kappa shape index (κ3) is 3.99. The summed E-state index contributed by atoms with van der Waals surface area (Å²) in [5.41, 5.74) is 0.316. The number of nitrogens with one attached hydrogen (secondary N) is 1. The van der Waals surface area contributed by atoms with Crippen LogP contribution in [0.3, 0.4) is 0 Å². The fourth-order valence-corrected chi connectivity index (χ4v) is 1.87. The maximum absolute atomic E-state index is 13.6. The van der Waals surface area contributed by atoms with E-state index in [9.17, 15) is 13.6 Å². The lowest BCUT2D eigenvalue weighted by Gasteiger charge is -2.24. The van der Waals surface area contributed by atoms with Crippen LogP contribution in [-0.2, 0) is 9.53 Å². The van der Waals surface area contributed by atoms with Crippen LogP contribution in [0.25, 0.3) is 0 Å². The van der Waals surface area contributed by atoms with Gasteiger partial charge in [-0.2, -0.15) is 0 Å². The molecule has 19 heavy (non-hydrogen) atoms. The zero-order valence-electron chi connectivity index (χ0n) is 11.5. The van der Waals surface area contributed by atoms with Crippen molar-refractivity contribution in [2.75, 3.05) is 7.11 Å². The molecule has 0 bridgehead atoms. The van der Waals surface area contributed by atoms with Crippen molar-refractivity contribution in [1.29, 1.82) is 0 Å². The van der Waals surface area contributed by atoms with Gasteiger partial charge in [-0.25, -0.2) is 8.78 Å². The van der Waals surface area contributed by atoms with Gasteiger partial charge in [0.05, 0.1) is 7.11 Å². The van der Waals surface area contributed by atoms with Gasteiger partial charge in [0.2, 0.25) is 0 Å². The molecule has 0 heterocycles. The zero-order valence-corrected chi connectivity index (χ0v) is 11.5. The molecule has 0 saturated carbocycles. The van der Waals surface area contributed by atoms with Crippen LogP contribution in [0.2, 0.25) is 0 Å². The van der Waals surface area contributed by atoms with Gasteiger partial charge in [-0.15, -0.1) is 0 Å². The van der Waals surface area contributed by atoms with E-state index in [1.165, 1.54) is 19.2 Å². The van der Waals surface area contributed by atoms with Crippen molar-refractivity contribution < 1.29 is 18.3 Å². The number of rotatable bonds is 5. The Labute approximate surface area is 112 Å². The first-order chi connectivity index (χ1) is 8.86. The van der Waals surface area contributed by atoms with E-state index in [1.807, 2.05) is 13.8 Å². The summed E-state index contributed by atoms with van der Waals surface area (Å²) in [4.78, 5) is 11.6. The fraction of sp³-hybridized carbons (Fsp3) is 0.500. The fourth-order valence-electron chi connectivity index (χ4n) is 1.87. The van der Waals surface area contributed by atoms with Gasteiger partial charge in [-0.1, -0.05) is 19.9 Å². The van der Waals surface area contributed by atoms with E-state index in [2.05, 4.69) is 5.32 Å². The molecule has 106 valence electrons. The Bertz CT molecular complexity index is 449. The lowest BCUT2D eigenvalue weighted by Crippen LogP contribution is -2.43. The largest absolute Gasteiger partial charge is 0.468 e. The van der Waals surface area contributed by atoms with Gasteiger partial charge in [0, 0.05) is 17.7 Å². The average molecular weight is 271 g/mol. The quantitative estimate of drug-likeness (QED) is 0.837. The number of methoxy groups -OCH3 is 1. The van der Waals surface area contributed by atoms with Crippen molar-refractivity contribution in [3.05, 3.63) is 35.4 Å². The highest BCUT2D eigenvalue weighted by Crippen LogP contribution is 2.19. The van der Waals surface area contributed by atoms with Crippen LogP contribution in [0.1, 0.15) is 32.4 Å². The van der Waals surface area contributed by atoms with E-state index in [1.54, 1.807) is 6.92 Å². The van der Waals surface area contributed by atoms with Crippen LogP contribution in [0.4, 0.5) is 8.78 Å². The standard InChI is InChI=1S/C14H19F2NO2/c1-8(2)13(14(18)19-4)17-9(3)11-6-5-10(15)7-12(11)16/h5-9,13,17H,1-4H3/t9?,13-/m0/s1. The Morgan fingerprint density at radius 3 is 2.37 bits per heavy atom. The van der Waals surface area contributed by atoms with Crippen molar-refractivity contribution >= 4 is 5.97 Å². The molecule has 1 aromatic carbocycles. The Morgan fingerprint density at radius 2 is 1.89 bits per heavy atom. The van der Waals surface area contributed by atoms with Crippen molar-refractivity contribution in [2.45, 2.75) is 32.9 Å². The minimum absolute atomic E-state index is 0.00147. The maximum Gasteiger partial charge on any atom is 0.323 e. The van der Waals surface area contributed by atoms with Crippen molar-refractivity contribution in [1.82, 2.24) is 5.32 Å². The summed E-state index contributed by atoms with van der Waals surface area (Å²) >= 11 is 0. The second-order valence-electron chi connectivity index (χ2n) is 4.80. The summed E-state index contributed by atoms with van der Waals surface area (Å²) in [6, 6.07) is 2.43. The molecule has 1 unspecified atom stereocenters. The summed E-state index contributed by atoms with van der Waals surface area (Å²) in [6.45, 7) is 5.44. The molecule has 0 aliphatic rings. The van der Waals surface area contributed by atoms with Crippen molar-refractivity contribution in [3.63, 3.8) is 0 Å². The van der Waals surface area contributed by atoms with Gasteiger partial charge in [0.1, 0.15) is 17.7 Å². The molecular formula is C14H19F2NO2. The Morgan fingerprint density at radius 1 is 1.26 bits per heavy atom. The SMILES string of the molecule is COC(=O)[C@@H](NC(C)c1ccc(F)cc1F)C(C)C. The van der Waals surface area contributed by atoms with Gasteiger partial charge >= 0.3 is 5.97 Å². The molecule has 0 saturated heterocycles.